The molecule has 3 rings (SSSR count). The van der Waals surface area contributed by atoms with Crippen LogP contribution in [0.3, 0.4) is 0 Å². The number of carbonyl (C=O) groups excluding carboxylic acids is 1. The Morgan fingerprint density at radius 1 is 0.938 bits per heavy atom. The molecule has 0 atom stereocenters. The van der Waals surface area contributed by atoms with E-state index >= 15 is 0 Å². The highest BCUT2D eigenvalue weighted by molar-refractivity contribution is 7.92. The number of aryl methyl sites for hydroxylation is 2. The lowest BCUT2D eigenvalue weighted by molar-refractivity contribution is 0.0954. The second kappa shape index (κ2) is 9.96. The maximum atomic E-state index is 13.0. The first-order chi connectivity index (χ1) is 15.1. The van der Waals surface area contributed by atoms with Crippen LogP contribution in [0.15, 0.2) is 66.7 Å². The fourth-order valence-electron chi connectivity index (χ4n) is 3.47. The molecule has 0 bridgehead atoms. The minimum Gasteiger partial charge on any atom is -0.352 e. The molecule has 0 saturated carbocycles. The zero-order valence-electron chi connectivity index (χ0n) is 18.4. The van der Waals surface area contributed by atoms with Gasteiger partial charge < -0.3 is 5.32 Å². The number of nitrogens with one attached hydrogen (secondary N) is 1. The Kier molecular flexibility index (Phi) is 7.30. The molecule has 168 valence electrons. The number of hydrogen-bond acceptors (Lipinski definition) is 3. The zero-order valence-corrected chi connectivity index (χ0v) is 19.2. The van der Waals surface area contributed by atoms with Crippen LogP contribution >= 0.6 is 0 Å². The van der Waals surface area contributed by atoms with Crippen LogP contribution in [0.5, 0.6) is 0 Å². The van der Waals surface area contributed by atoms with E-state index in [0.29, 0.717) is 24.2 Å². The van der Waals surface area contributed by atoms with Crippen molar-refractivity contribution in [3.05, 3.63) is 100 Å². The van der Waals surface area contributed by atoms with Gasteiger partial charge in [0.05, 0.1) is 18.5 Å². The van der Waals surface area contributed by atoms with Crippen molar-refractivity contribution in [1.82, 2.24) is 5.32 Å². The predicted octanol–water partition coefficient (Wildman–Crippen LogP) is 4.38. The summed E-state index contributed by atoms with van der Waals surface area (Å²) in [6, 6.07) is 18.7. The number of carbonyl (C=O) groups is 1. The number of benzene rings is 3. The quantitative estimate of drug-likeness (QED) is 0.549. The number of nitrogens with zero attached hydrogens (tertiary/aromatic N) is 1. The van der Waals surface area contributed by atoms with Gasteiger partial charge in [-0.25, -0.2) is 12.8 Å². The first-order valence-corrected chi connectivity index (χ1v) is 12.1. The van der Waals surface area contributed by atoms with E-state index in [1.165, 1.54) is 22.7 Å². The van der Waals surface area contributed by atoms with Gasteiger partial charge in [-0.3, -0.25) is 9.10 Å². The molecule has 0 aliphatic carbocycles. The second-order valence-electron chi connectivity index (χ2n) is 7.89. The Morgan fingerprint density at radius 3 is 2.16 bits per heavy atom. The largest absolute Gasteiger partial charge is 0.352 e. The number of anilines is 1. The second-order valence-corrected chi connectivity index (χ2v) is 9.80. The van der Waals surface area contributed by atoms with Crippen molar-refractivity contribution in [3.63, 3.8) is 0 Å². The van der Waals surface area contributed by atoms with Crippen molar-refractivity contribution in [3.8, 4) is 0 Å². The molecule has 32 heavy (non-hydrogen) atoms. The van der Waals surface area contributed by atoms with Crippen molar-refractivity contribution < 1.29 is 17.6 Å². The summed E-state index contributed by atoms with van der Waals surface area (Å²) < 4.78 is 39.2. The summed E-state index contributed by atoms with van der Waals surface area (Å²) >= 11 is 0. The molecule has 0 aliphatic rings. The van der Waals surface area contributed by atoms with E-state index in [9.17, 15) is 17.6 Å². The summed E-state index contributed by atoms with van der Waals surface area (Å²) in [7, 11) is -3.49. The topological polar surface area (TPSA) is 66.5 Å². The van der Waals surface area contributed by atoms with E-state index in [2.05, 4.69) is 5.32 Å². The minimum atomic E-state index is -3.49. The number of rotatable bonds is 8. The van der Waals surface area contributed by atoms with E-state index in [1.54, 1.807) is 36.4 Å². The van der Waals surface area contributed by atoms with Crippen molar-refractivity contribution in [2.45, 2.75) is 26.8 Å². The Labute approximate surface area is 188 Å². The zero-order chi connectivity index (χ0) is 23.3. The highest BCUT2D eigenvalue weighted by Crippen LogP contribution is 2.25. The Bertz CT molecular complexity index is 1190. The molecule has 0 radical (unpaired) electrons. The smallest absolute Gasteiger partial charge is 0.251 e. The van der Waals surface area contributed by atoms with Crippen LogP contribution in [-0.2, 0) is 23.0 Å². The van der Waals surface area contributed by atoms with Gasteiger partial charge in [-0.05, 0) is 67.3 Å². The first-order valence-electron chi connectivity index (χ1n) is 10.3. The van der Waals surface area contributed by atoms with Crippen molar-refractivity contribution >= 4 is 21.6 Å². The van der Waals surface area contributed by atoms with Crippen LogP contribution in [0, 0.1) is 19.7 Å². The molecule has 5 nitrogen and oxygen atoms in total. The Hall–Kier alpha value is -3.19. The fourth-order valence-corrected chi connectivity index (χ4v) is 4.41. The van der Waals surface area contributed by atoms with Gasteiger partial charge in [0.25, 0.3) is 5.91 Å². The maximum Gasteiger partial charge on any atom is 0.251 e. The molecular formula is C25H27FN2O3S. The van der Waals surface area contributed by atoms with Gasteiger partial charge in [-0.2, -0.15) is 0 Å². The van der Waals surface area contributed by atoms with Gasteiger partial charge >= 0.3 is 0 Å². The van der Waals surface area contributed by atoms with E-state index in [0.717, 1.165) is 22.3 Å². The summed E-state index contributed by atoms with van der Waals surface area (Å²) in [6.45, 7) is 4.46. The lowest BCUT2D eigenvalue weighted by Gasteiger charge is -2.24. The van der Waals surface area contributed by atoms with Crippen LogP contribution in [0.4, 0.5) is 10.1 Å². The van der Waals surface area contributed by atoms with Crippen molar-refractivity contribution in [2.75, 3.05) is 17.1 Å². The predicted molar refractivity (Wildman–Crippen MR) is 126 cm³/mol. The van der Waals surface area contributed by atoms with Crippen molar-refractivity contribution in [2.24, 2.45) is 0 Å². The third-order valence-electron chi connectivity index (χ3n) is 5.18. The van der Waals surface area contributed by atoms with E-state index in [-0.39, 0.29) is 18.3 Å². The number of halogens is 1. The van der Waals surface area contributed by atoms with Gasteiger partial charge in [0.2, 0.25) is 10.0 Å². The average molecular weight is 455 g/mol. The van der Waals surface area contributed by atoms with Crippen LogP contribution < -0.4 is 9.62 Å². The van der Waals surface area contributed by atoms with E-state index in [1.807, 2.05) is 32.0 Å². The molecule has 0 saturated heterocycles. The molecule has 0 heterocycles. The van der Waals surface area contributed by atoms with Crippen molar-refractivity contribution in [1.29, 1.82) is 0 Å². The molecule has 0 aliphatic heterocycles. The lowest BCUT2D eigenvalue weighted by Crippen LogP contribution is -2.30. The van der Waals surface area contributed by atoms with E-state index < -0.39 is 10.0 Å². The highest BCUT2D eigenvalue weighted by atomic mass is 32.2. The first kappa shape index (κ1) is 23.5. The Balaban J connectivity index is 1.65. The van der Waals surface area contributed by atoms with Crippen LogP contribution in [-0.4, -0.2) is 27.1 Å². The molecule has 0 unspecified atom stereocenters. The molecule has 0 fully saturated rings. The molecule has 7 heteroatoms. The molecule has 3 aromatic rings. The van der Waals surface area contributed by atoms with E-state index in [4.69, 9.17) is 0 Å². The van der Waals surface area contributed by atoms with Gasteiger partial charge in [-0.1, -0.05) is 42.0 Å². The van der Waals surface area contributed by atoms with Gasteiger partial charge in [-0.15, -0.1) is 0 Å². The monoisotopic (exact) mass is 454 g/mol. The standard InChI is InChI=1S/C25H27FN2O3S/c1-18-4-13-24(19(2)16-18)28(32(3,30)31)17-21-5-9-22(10-6-21)25(29)27-15-14-20-7-11-23(26)12-8-20/h4-13,16H,14-15,17H2,1-3H3,(H,27,29). The fraction of sp³-hybridized carbons (Fsp3) is 0.240. The summed E-state index contributed by atoms with van der Waals surface area (Å²) in [6.07, 6.45) is 1.79. The molecule has 0 aromatic heterocycles. The Morgan fingerprint density at radius 2 is 1.56 bits per heavy atom. The third-order valence-corrected chi connectivity index (χ3v) is 6.30. The average Bonchev–Trinajstić information content (AvgIpc) is 2.73. The SMILES string of the molecule is Cc1ccc(N(Cc2ccc(C(=O)NCCc3ccc(F)cc3)cc2)S(C)(=O)=O)c(C)c1. The van der Waals surface area contributed by atoms with Crippen LogP contribution in [0.2, 0.25) is 0 Å². The number of hydrogen-bond donors (Lipinski definition) is 1. The summed E-state index contributed by atoms with van der Waals surface area (Å²) in [5.41, 5.74) is 4.79. The molecule has 0 spiro atoms. The molecule has 3 aromatic carbocycles. The highest BCUT2D eigenvalue weighted by Gasteiger charge is 2.20. The molecule has 1 N–H and O–H groups in total. The lowest BCUT2D eigenvalue weighted by atomic mass is 10.1. The normalized spacial score (nSPS) is 11.2. The van der Waals surface area contributed by atoms with Gasteiger partial charge in [0.1, 0.15) is 5.82 Å². The van der Waals surface area contributed by atoms with Gasteiger partial charge in [0, 0.05) is 12.1 Å². The summed E-state index contributed by atoms with van der Waals surface area (Å²) in [5.74, 6) is -0.502. The van der Waals surface area contributed by atoms with Gasteiger partial charge in [0.15, 0.2) is 0 Å². The summed E-state index contributed by atoms with van der Waals surface area (Å²) in [5, 5.41) is 2.85. The molecule has 1 amide bonds. The van der Waals surface area contributed by atoms with Crippen LogP contribution in [0.25, 0.3) is 0 Å². The number of amides is 1. The third kappa shape index (κ3) is 6.17. The number of sulfonamides is 1. The molecular weight excluding hydrogens is 427 g/mol. The summed E-state index contributed by atoms with van der Waals surface area (Å²) in [4.78, 5) is 12.4. The minimum absolute atomic E-state index is 0.176. The maximum absolute atomic E-state index is 13.0. The van der Waals surface area contributed by atoms with Crippen LogP contribution in [0.1, 0.15) is 32.6 Å².